The number of anilines is 1. The van der Waals surface area contributed by atoms with Crippen molar-refractivity contribution in [1.82, 2.24) is 4.98 Å². The molecular weight excluding hydrogens is 272 g/mol. The molecule has 0 aliphatic rings. The molecule has 1 aromatic heterocycles. The summed E-state index contributed by atoms with van der Waals surface area (Å²) in [7, 11) is 1.57. The van der Waals surface area contributed by atoms with E-state index in [4.69, 9.17) is 9.84 Å². The van der Waals surface area contributed by atoms with Crippen LogP contribution in [0.4, 0.5) is 5.69 Å². The van der Waals surface area contributed by atoms with Crippen LogP contribution in [0.15, 0.2) is 36.5 Å². The Kier molecular flexibility index (Phi) is 4.18. The highest BCUT2D eigenvalue weighted by Crippen LogP contribution is 2.21. The standard InChI is InChI=1S/C15H14N2O4/c1-9-7-11(21-2)3-4-12(9)17-14(18)10-5-6-16-13(8-10)15(19)20/h3-8H,1-2H3,(H,17,18)(H,19,20). The topological polar surface area (TPSA) is 88.5 Å². The average Bonchev–Trinajstić information content (AvgIpc) is 2.49. The second-order valence-corrected chi connectivity index (χ2v) is 4.37. The van der Waals surface area contributed by atoms with Crippen LogP contribution in [0.3, 0.4) is 0 Å². The number of amides is 1. The van der Waals surface area contributed by atoms with Crippen LogP contribution in [0, 0.1) is 6.92 Å². The second-order valence-electron chi connectivity index (χ2n) is 4.37. The molecule has 0 saturated carbocycles. The Morgan fingerprint density at radius 2 is 2.00 bits per heavy atom. The molecule has 6 nitrogen and oxygen atoms in total. The zero-order valence-electron chi connectivity index (χ0n) is 11.6. The van der Waals surface area contributed by atoms with Gasteiger partial charge in [-0.3, -0.25) is 4.79 Å². The third-order valence-corrected chi connectivity index (χ3v) is 2.92. The molecule has 0 fully saturated rings. The molecule has 2 aromatic rings. The molecule has 6 heteroatoms. The van der Waals surface area contributed by atoms with Crippen molar-refractivity contribution in [3.63, 3.8) is 0 Å². The van der Waals surface area contributed by atoms with Gasteiger partial charge < -0.3 is 15.2 Å². The fraction of sp³-hybridized carbons (Fsp3) is 0.133. The first-order valence-electron chi connectivity index (χ1n) is 6.16. The van der Waals surface area contributed by atoms with Crippen molar-refractivity contribution < 1.29 is 19.4 Å². The fourth-order valence-electron chi connectivity index (χ4n) is 1.79. The summed E-state index contributed by atoms with van der Waals surface area (Å²) in [6.45, 7) is 1.84. The lowest BCUT2D eigenvalue weighted by Crippen LogP contribution is -2.14. The maximum Gasteiger partial charge on any atom is 0.354 e. The number of hydrogen-bond donors (Lipinski definition) is 2. The number of benzene rings is 1. The highest BCUT2D eigenvalue weighted by Gasteiger charge is 2.12. The molecule has 0 radical (unpaired) electrons. The maximum absolute atomic E-state index is 12.1. The third-order valence-electron chi connectivity index (χ3n) is 2.92. The lowest BCUT2D eigenvalue weighted by molar-refractivity contribution is 0.0690. The van der Waals surface area contributed by atoms with Gasteiger partial charge in [0.15, 0.2) is 0 Å². The van der Waals surface area contributed by atoms with Gasteiger partial charge in [-0.05, 0) is 42.8 Å². The number of rotatable bonds is 4. The van der Waals surface area contributed by atoms with Gasteiger partial charge >= 0.3 is 5.97 Å². The van der Waals surface area contributed by atoms with Gasteiger partial charge in [0, 0.05) is 17.4 Å². The lowest BCUT2D eigenvalue weighted by Gasteiger charge is -2.10. The molecular formula is C15H14N2O4. The largest absolute Gasteiger partial charge is 0.497 e. The number of hydrogen-bond acceptors (Lipinski definition) is 4. The number of aromatic carboxylic acids is 1. The SMILES string of the molecule is COc1ccc(NC(=O)c2ccnc(C(=O)O)c2)c(C)c1. The first kappa shape index (κ1) is 14.5. The van der Waals surface area contributed by atoms with Gasteiger partial charge in [-0.2, -0.15) is 0 Å². The van der Waals surface area contributed by atoms with Crippen molar-refractivity contribution in [2.75, 3.05) is 12.4 Å². The molecule has 1 amide bonds. The Morgan fingerprint density at radius 3 is 2.62 bits per heavy atom. The average molecular weight is 286 g/mol. The van der Waals surface area contributed by atoms with E-state index < -0.39 is 11.9 Å². The van der Waals surface area contributed by atoms with Gasteiger partial charge in [0.25, 0.3) is 5.91 Å². The summed E-state index contributed by atoms with van der Waals surface area (Å²) >= 11 is 0. The van der Waals surface area contributed by atoms with Crippen LogP contribution in [0.1, 0.15) is 26.4 Å². The number of pyridine rings is 1. The van der Waals surface area contributed by atoms with E-state index in [2.05, 4.69) is 10.3 Å². The minimum atomic E-state index is -1.18. The number of carboxylic acids is 1. The molecule has 0 spiro atoms. The molecule has 0 unspecified atom stereocenters. The van der Waals surface area contributed by atoms with Crippen molar-refractivity contribution in [3.05, 3.63) is 53.3 Å². The number of aryl methyl sites for hydroxylation is 1. The van der Waals surface area contributed by atoms with Gasteiger partial charge in [-0.25, -0.2) is 9.78 Å². The molecule has 21 heavy (non-hydrogen) atoms. The number of carbonyl (C=O) groups is 2. The molecule has 0 saturated heterocycles. The summed E-state index contributed by atoms with van der Waals surface area (Å²) < 4.78 is 5.10. The predicted octanol–water partition coefficient (Wildman–Crippen LogP) is 2.35. The maximum atomic E-state index is 12.1. The molecule has 2 N–H and O–H groups in total. The van der Waals surface area contributed by atoms with E-state index in [0.717, 1.165) is 5.56 Å². The molecule has 0 bridgehead atoms. The van der Waals surface area contributed by atoms with E-state index in [9.17, 15) is 9.59 Å². The van der Waals surface area contributed by atoms with Gasteiger partial charge in [0.2, 0.25) is 0 Å². The fourth-order valence-corrected chi connectivity index (χ4v) is 1.79. The molecule has 0 atom stereocenters. The Hall–Kier alpha value is -2.89. The van der Waals surface area contributed by atoms with Gasteiger partial charge in [0.05, 0.1) is 7.11 Å². The Bertz CT molecular complexity index is 698. The summed E-state index contributed by atoms with van der Waals surface area (Å²) in [5.74, 6) is -0.874. The summed E-state index contributed by atoms with van der Waals surface area (Å²) in [6.07, 6.45) is 1.29. The van der Waals surface area contributed by atoms with Crippen LogP contribution in [-0.2, 0) is 0 Å². The van der Waals surface area contributed by atoms with Crippen LogP contribution in [0.2, 0.25) is 0 Å². The van der Waals surface area contributed by atoms with E-state index in [-0.39, 0.29) is 11.3 Å². The van der Waals surface area contributed by atoms with Crippen LogP contribution in [-0.4, -0.2) is 29.1 Å². The number of carbonyl (C=O) groups excluding carboxylic acids is 1. The zero-order chi connectivity index (χ0) is 15.4. The van der Waals surface area contributed by atoms with Gasteiger partial charge in [-0.1, -0.05) is 0 Å². The monoisotopic (exact) mass is 286 g/mol. The lowest BCUT2D eigenvalue weighted by atomic mass is 10.1. The Labute approximate surface area is 121 Å². The number of aromatic nitrogens is 1. The highest BCUT2D eigenvalue weighted by atomic mass is 16.5. The number of nitrogens with zero attached hydrogens (tertiary/aromatic N) is 1. The Balaban J connectivity index is 2.22. The van der Waals surface area contributed by atoms with E-state index in [1.165, 1.54) is 18.3 Å². The van der Waals surface area contributed by atoms with Crippen molar-refractivity contribution in [3.8, 4) is 5.75 Å². The first-order chi connectivity index (χ1) is 10.0. The minimum absolute atomic E-state index is 0.172. The number of ether oxygens (including phenoxy) is 1. The van der Waals surface area contributed by atoms with Gasteiger partial charge in [0.1, 0.15) is 11.4 Å². The molecule has 0 aliphatic heterocycles. The first-order valence-corrected chi connectivity index (χ1v) is 6.16. The number of nitrogens with one attached hydrogen (secondary N) is 1. The smallest absolute Gasteiger partial charge is 0.354 e. The van der Waals surface area contributed by atoms with Crippen LogP contribution < -0.4 is 10.1 Å². The molecule has 2 rings (SSSR count). The molecule has 108 valence electrons. The molecule has 1 heterocycles. The third kappa shape index (κ3) is 3.36. The minimum Gasteiger partial charge on any atom is -0.497 e. The molecule has 1 aromatic carbocycles. The number of methoxy groups -OCH3 is 1. The summed E-state index contributed by atoms with van der Waals surface area (Å²) in [4.78, 5) is 26.7. The van der Waals surface area contributed by atoms with Crippen LogP contribution in [0.25, 0.3) is 0 Å². The van der Waals surface area contributed by atoms with Crippen molar-refractivity contribution in [2.45, 2.75) is 6.92 Å². The molecule has 0 aliphatic carbocycles. The van der Waals surface area contributed by atoms with Crippen molar-refractivity contribution in [2.24, 2.45) is 0 Å². The Morgan fingerprint density at radius 1 is 1.24 bits per heavy atom. The quantitative estimate of drug-likeness (QED) is 0.900. The zero-order valence-corrected chi connectivity index (χ0v) is 11.6. The second kappa shape index (κ2) is 6.04. The van der Waals surface area contributed by atoms with Crippen LogP contribution in [0.5, 0.6) is 5.75 Å². The summed E-state index contributed by atoms with van der Waals surface area (Å²) in [5.41, 5.74) is 1.54. The summed E-state index contributed by atoms with van der Waals surface area (Å²) in [5, 5.41) is 11.6. The van der Waals surface area contributed by atoms with Crippen molar-refractivity contribution in [1.29, 1.82) is 0 Å². The normalized spacial score (nSPS) is 10.0. The van der Waals surface area contributed by atoms with Crippen molar-refractivity contribution >= 4 is 17.6 Å². The van der Waals surface area contributed by atoms with E-state index >= 15 is 0 Å². The predicted molar refractivity (Wildman–Crippen MR) is 76.9 cm³/mol. The summed E-state index contributed by atoms with van der Waals surface area (Å²) in [6, 6.07) is 7.95. The van der Waals surface area contributed by atoms with E-state index in [1.807, 2.05) is 6.92 Å². The number of carboxylic acid groups (broad SMARTS) is 1. The highest BCUT2D eigenvalue weighted by molar-refractivity contribution is 6.05. The van der Waals surface area contributed by atoms with Crippen LogP contribution >= 0.6 is 0 Å². The van der Waals surface area contributed by atoms with E-state index in [1.54, 1.807) is 25.3 Å². The van der Waals surface area contributed by atoms with Gasteiger partial charge in [-0.15, -0.1) is 0 Å². The van der Waals surface area contributed by atoms with E-state index in [0.29, 0.717) is 11.4 Å².